The van der Waals surface area contributed by atoms with E-state index in [2.05, 4.69) is 56.4 Å². The van der Waals surface area contributed by atoms with Crippen molar-refractivity contribution in [2.45, 2.75) is 46.6 Å². The number of nitrogens with one attached hydrogen (secondary N) is 1. The molecule has 0 amide bonds. The molecule has 1 saturated carbocycles. The molecule has 3 aromatic heterocycles. The van der Waals surface area contributed by atoms with Gasteiger partial charge < -0.3 is 5.32 Å². The molecule has 0 atom stereocenters. The van der Waals surface area contributed by atoms with Gasteiger partial charge in [-0.25, -0.2) is 0 Å². The van der Waals surface area contributed by atoms with Crippen LogP contribution >= 0.6 is 0 Å². The van der Waals surface area contributed by atoms with Crippen LogP contribution in [0.3, 0.4) is 0 Å². The molecule has 7 nitrogen and oxygen atoms in total. The van der Waals surface area contributed by atoms with Gasteiger partial charge in [-0.15, -0.1) is 10.2 Å². The largest absolute Gasteiger partial charge is 0.381 e. The number of aryl methyl sites for hydroxylation is 3. The third-order valence-electron chi connectivity index (χ3n) is 4.88. The predicted octanol–water partition coefficient (Wildman–Crippen LogP) is 2.39. The average Bonchev–Trinajstić information content (AvgIpc) is 3.02. The highest BCUT2D eigenvalue weighted by molar-refractivity contribution is 5.66. The van der Waals surface area contributed by atoms with Gasteiger partial charge in [0.05, 0.1) is 17.1 Å². The monoisotopic (exact) mass is 325 g/mol. The van der Waals surface area contributed by atoms with Crippen LogP contribution in [0.1, 0.15) is 36.8 Å². The van der Waals surface area contributed by atoms with E-state index >= 15 is 0 Å². The van der Waals surface area contributed by atoms with Gasteiger partial charge in [-0.1, -0.05) is 6.92 Å². The molecule has 1 aliphatic rings. The van der Waals surface area contributed by atoms with E-state index in [4.69, 9.17) is 0 Å². The predicted molar refractivity (Wildman–Crippen MR) is 92.0 cm³/mol. The Morgan fingerprint density at radius 1 is 1.21 bits per heavy atom. The molecule has 4 rings (SSSR count). The second kappa shape index (κ2) is 5.58. The number of hydrogen-bond acceptors (Lipinski definition) is 5. The number of rotatable bonds is 6. The number of aromatic nitrogens is 6. The molecule has 0 bridgehead atoms. The van der Waals surface area contributed by atoms with E-state index in [9.17, 15) is 0 Å². The van der Waals surface area contributed by atoms with Gasteiger partial charge in [0.15, 0.2) is 0 Å². The van der Waals surface area contributed by atoms with Crippen molar-refractivity contribution in [3.05, 3.63) is 35.5 Å². The van der Waals surface area contributed by atoms with E-state index in [1.165, 1.54) is 18.5 Å². The smallest absolute Gasteiger partial charge is 0.200 e. The molecule has 1 fully saturated rings. The highest BCUT2D eigenvalue weighted by Crippen LogP contribution is 2.47. The van der Waals surface area contributed by atoms with E-state index in [1.54, 1.807) is 10.8 Å². The molecule has 126 valence electrons. The molecule has 24 heavy (non-hydrogen) atoms. The van der Waals surface area contributed by atoms with E-state index < -0.39 is 0 Å². The van der Waals surface area contributed by atoms with Crippen molar-refractivity contribution in [1.29, 1.82) is 0 Å². The summed E-state index contributed by atoms with van der Waals surface area (Å²) in [5.74, 6) is 0. The van der Waals surface area contributed by atoms with Gasteiger partial charge in [0.1, 0.15) is 6.33 Å². The molecular weight excluding hydrogens is 302 g/mol. The molecule has 1 N–H and O–H groups in total. The molecular formula is C17H23N7. The molecule has 3 aromatic rings. The van der Waals surface area contributed by atoms with Crippen LogP contribution in [-0.4, -0.2) is 36.1 Å². The molecule has 0 radical (unpaired) electrons. The third kappa shape index (κ3) is 2.74. The number of fused-ring (bicyclic) bond motifs is 1. The lowest BCUT2D eigenvalue weighted by molar-refractivity contribution is 0.409. The van der Waals surface area contributed by atoms with Crippen LogP contribution in [0.2, 0.25) is 0 Å². The summed E-state index contributed by atoms with van der Waals surface area (Å²) in [5, 5.41) is 20.9. The Morgan fingerprint density at radius 3 is 2.71 bits per heavy atom. The molecule has 0 unspecified atom stereocenters. The quantitative estimate of drug-likeness (QED) is 0.753. The van der Waals surface area contributed by atoms with Crippen molar-refractivity contribution in [3.63, 3.8) is 0 Å². The molecule has 7 heteroatoms. The first-order valence-electron chi connectivity index (χ1n) is 8.53. The zero-order valence-corrected chi connectivity index (χ0v) is 14.5. The van der Waals surface area contributed by atoms with Gasteiger partial charge in [-0.05, 0) is 45.2 Å². The minimum Gasteiger partial charge on any atom is -0.381 e. The van der Waals surface area contributed by atoms with Gasteiger partial charge in [-0.2, -0.15) is 14.7 Å². The van der Waals surface area contributed by atoms with Gasteiger partial charge in [0, 0.05) is 24.2 Å². The highest BCUT2D eigenvalue weighted by atomic mass is 15.3. The first-order chi connectivity index (χ1) is 11.6. The van der Waals surface area contributed by atoms with E-state index in [1.807, 2.05) is 6.92 Å². The Kier molecular flexibility index (Phi) is 3.51. The lowest BCUT2D eigenvalue weighted by atomic mass is 10.1. The lowest BCUT2D eigenvalue weighted by Gasteiger charge is -2.18. The van der Waals surface area contributed by atoms with Crippen LogP contribution in [0, 0.1) is 19.3 Å². The first-order valence-corrected chi connectivity index (χ1v) is 8.53. The summed E-state index contributed by atoms with van der Waals surface area (Å²) in [7, 11) is 0. The zero-order valence-electron chi connectivity index (χ0n) is 14.5. The molecule has 1 aliphatic carbocycles. The van der Waals surface area contributed by atoms with Crippen molar-refractivity contribution in [2.75, 3.05) is 11.9 Å². The van der Waals surface area contributed by atoms with Crippen LogP contribution in [0.5, 0.6) is 0 Å². The van der Waals surface area contributed by atoms with Crippen molar-refractivity contribution < 1.29 is 0 Å². The Labute approximate surface area is 141 Å². The minimum atomic E-state index is 0.288. The van der Waals surface area contributed by atoms with Gasteiger partial charge >= 0.3 is 0 Å². The van der Waals surface area contributed by atoms with Crippen molar-refractivity contribution in [3.8, 4) is 0 Å². The van der Waals surface area contributed by atoms with Gasteiger partial charge in [-0.3, -0.25) is 4.68 Å². The summed E-state index contributed by atoms with van der Waals surface area (Å²) in [6.07, 6.45) is 5.00. The molecule has 0 spiro atoms. The van der Waals surface area contributed by atoms with Crippen LogP contribution in [-0.2, 0) is 13.0 Å². The number of nitrogens with zero attached hydrogens (tertiary/aromatic N) is 6. The first kappa shape index (κ1) is 15.1. The van der Waals surface area contributed by atoms with E-state index in [-0.39, 0.29) is 5.41 Å². The fourth-order valence-corrected chi connectivity index (χ4v) is 3.18. The molecule has 0 saturated heterocycles. The van der Waals surface area contributed by atoms with Crippen molar-refractivity contribution in [1.82, 2.24) is 29.6 Å². The topological polar surface area (TPSA) is 72.9 Å². The van der Waals surface area contributed by atoms with Gasteiger partial charge in [0.2, 0.25) is 5.65 Å². The number of hydrogen-bond donors (Lipinski definition) is 1. The Bertz CT molecular complexity index is 872. The lowest BCUT2D eigenvalue weighted by Crippen LogP contribution is -2.23. The number of anilines is 1. The summed E-state index contributed by atoms with van der Waals surface area (Å²) >= 11 is 0. The molecule has 3 heterocycles. The Hall–Kier alpha value is -2.44. The van der Waals surface area contributed by atoms with Gasteiger partial charge in [0.25, 0.3) is 0 Å². The standard InChI is InChI=1S/C17H23N7/c1-4-14-8-15(16-20-19-11-24(16)22-14)18-9-17(5-6-17)10-23-13(3)7-12(2)21-23/h7-8,11,18H,4-6,9-10H2,1-3H3. The summed E-state index contributed by atoms with van der Waals surface area (Å²) in [4.78, 5) is 0. The van der Waals surface area contributed by atoms with E-state index in [0.29, 0.717) is 0 Å². The summed E-state index contributed by atoms with van der Waals surface area (Å²) in [5.41, 5.74) is 5.44. The average molecular weight is 325 g/mol. The van der Waals surface area contributed by atoms with Crippen LogP contribution in [0.15, 0.2) is 18.5 Å². The molecule has 0 aromatic carbocycles. The summed E-state index contributed by atoms with van der Waals surface area (Å²) < 4.78 is 3.89. The fraction of sp³-hybridized carbons (Fsp3) is 0.529. The maximum atomic E-state index is 4.61. The van der Waals surface area contributed by atoms with Crippen LogP contribution < -0.4 is 5.32 Å². The van der Waals surface area contributed by atoms with Crippen molar-refractivity contribution >= 4 is 11.3 Å². The van der Waals surface area contributed by atoms with Crippen LogP contribution in [0.25, 0.3) is 5.65 Å². The normalized spacial score (nSPS) is 15.8. The Balaban J connectivity index is 1.52. The SMILES string of the molecule is CCc1cc(NCC2(Cn3nc(C)cc3C)CC2)c2nncn2n1. The van der Waals surface area contributed by atoms with E-state index in [0.717, 1.165) is 42.2 Å². The van der Waals surface area contributed by atoms with Crippen molar-refractivity contribution in [2.24, 2.45) is 5.41 Å². The highest BCUT2D eigenvalue weighted by Gasteiger charge is 2.43. The molecule has 0 aliphatic heterocycles. The summed E-state index contributed by atoms with van der Waals surface area (Å²) in [6, 6.07) is 4.23. The second-order valence-electron chi connectivity index (χ2n) is 6.94. The zero-order chi connectivity index (χ0) is 16.7. The minimum absolute atomic E-state index is 0.288. The van der Waals surface area contributed by atoms with Crippen LogP contribution in [0.4, 0.5) is 5.69 Å². The Morgan fingerprint density at radius 2 is 2.04 bits per heavy atom. The maximum absolute atomic E-state index is 4.61. The summed E-state index contributed by atoms with van der Waals surface area (Å²) in [6.45, 7) is 8.16. The fourth-order valence-electron chi connectivity index (χ4n) is 3.18. The maximum Gasteiger partial charge on any atom is 0.200 e. The second-order valence-corrected chi connectivity index (χ2v) is 6.94. The third-order valence-corrected chi connectivity index (χ3v) is 4.88.